The molecule has 0 aliphatic heterocycles. The zero-order valence-corrected chi connectivity index (χ0v) is 10.2. The maximum atomic E-state index is 11.3. The minimum absolute atomic E-state index is 0.0945. The summed E-state index contributed by atoms with van der Waals surface area (Å²) < 4.78 is 25.3. The SMILES string of the molecule is CCC(Br)CCNS(=O)(=O)C1CC1. The molecule has 1 atom stereocenters. The van der Waals surface area contributed by atoms with Crippen LogP contribution in [0.4, 0.5) is 0 Å². The van der Waals surface area contributed by atoms with Crippen molar-refractivity contribution in [3.05, 3.63) is 0 Å². The van der Waals surface area contributed by atoms with Gasteiger partial charge in [0.15, 0.2) is 0 Å². The molecular formula is C8H16BrNO2S. The van der Waals surface area contributed by atoms with Gasteiger partial charge < -0.3 is 0 Å². The molecule has 1 saturated carbocycles. The van der Waals surface area contributed by atoms with Crippen LogP contribution in [0.3, 0.4) is 0 Å². The predicted octanol–water partition coefficient (Wildman–Crippen LogP) is 1.63. The maximum Gasteiger partial charge on any atom is 0.214 e. The molecule has 0 radical (unpaired) electrons. The van der Waals surface area contributed by atoms with Crippen LogP contribution in [-0.2, 0) is 10.0 Å². The lowest BCUT2D eigenvalue weighted by atomic mass is 10.2. The molecule has 1 fully saturated rings. The quantitative estimate of drug-likeness (QED) is 0.746. The van der Waals surface area contributed by atoms with Crippen LogP contribution in [0, 0.1) is 0 Å². The molecule has 0 saturated heterocycles. The third-order valence-corrected chi connectivity index (χ3v) is 5.23. The zero-order valence-electron chi connectivity index (χ0n) is 7.79. The summed E-state index contributed by atoms with van der Waals surface area (Å²) in [6.45, 7) is 2.64. The molecule has 0 amide bonds. The molecule has 1 aliphatic carbocycles. The average Bonchev–Trinajstić information content (AvgIpc) is 2.85. The molecule has 0 aromatic rings. The van der Waals surface area contributed by atoms with Crippen LogP contribution in [0.2, 0.25) is 0 Å². The van der Waals surface area contributed by atoms with Crippen molar-refractivity contribution in [3.63, 3.8) is 0 Å². The summed E-state index contributed by atoms with van der Waals surface area (Å²) in [7, 11) is -2.96. The monoisotopic (exact) mass is 269 g/mol. The van der Waals surface area contributed by atoms with Crippen molar-refractivity contribution in [3.8, 4) is 0 Å². The highest BCUT2D eigenvalue weighted by Crippen LogP contribution is 2.27. The van der Waals surface area contributed by atoms with Gasteiger partial charge in [0, 0.05) is 11.4 Å². The summed E-state index contributed by atoms with van der Waals surface area (Å²) in [6.07, 6.45) is 3.56. The smallest absolute Gasteiger partial charge is 0.214 e. The molecule has 78 valence electrons. The molecule has 1 rings (SSSR count). The third-order valence-electron chi connectivity index (χ3n) is 2.17. The summed E-state index contributed by atoms with van der Waals surface area (Å²) in [5, 5.41) is -0.0945. The highest BCUT2D eigenvalue weighted by Gasteiger charge is 2.35. The van der Waals surface area contributed by atoms with Crippen LogP contribution in [0.15, 0.2) is 0 Å². The van der Waals surface area contributed by atoms with Gasteiger partial charge in [0.05, 0.1) is 5.25 Å². The standard InChI is InChI=1S/C8H16BrNO2S/c1-2-7(9)5-6-10-13(11,12)8-3-4-8/h7-8,10H,2-6H2,1H3. The normalized spacial score (nSPS) is 20.2. The molecule has 0 bridgehead atoms. The Balaban J connectivity index is 2.18. The second-order valence-electron chi connectivity index (χ2n) is 3.43. The average molecular weight is 270 g/mol. The highest BCUT2D eigenvalue weighted by atomic mass is 79.9. The van der Waals surface area contributed by atoms with E-state index in [0.29, 0.717) is 11.4 Å². The van der Waals surface area contributed by atoms with Crippen molar-refractivity contribution in [1.29, 1.82) is 0 Å². The lowest BCUT2D eigenvalue weighted by Crippen LogP contribution is -2.29. The fraction of sp³-hybridized carbons (Fsp3) is 1.00. The first-order chi connectivity index (χ1) is 6.06. The van der Waals surface area contributed by atoms with E-state index in [1.54, 1.807) is 0 Å². The number of hydrogen-bond acceptors (Lipinski definition) is 2. The van der Waals surface area contributed by atoms with E-state index in [1.165, 1.54) is 0 Å². The topological polar surface area (TPSA) is 46.2 Å². The minimum Gasteiger partial charge on any atom is -0.215 e. The van der Waals surface area contributed by atoms with Crippen molar-refractivity contribution >= 4 is 26.0 Å². The number of halogens is 1. The van der Waals surface area contributed by atoms with Gasteiger partial charge in [-0.2, -0.15) is 0 Å². The molecule has 0 aromatic carbocycles. The van der Waals surface area contributed by atoms with Crippen molar-refractivity contribution in [2.75, 3.05) is 6.54 Å². The lowest BCUT2D eigenvalue weighted by molar-refractivity contribution is 0.576. The van der Waals surface area contributed by atoms with Crippen molar-refractivity contribution in [1.82, 2.24) is 4.72 Å². The van der Waals surface area contributed by atoms with Crippen LogP contribution in [0.5, 0.6) is 0 Å². The first kappa shape index (κ1) is 11.5. The fourth-order valence-electron chi connectivity index (χ4n) is 1.06. The van der Waals surface area contributed by atoms with Gasteiger partial charge in [-0.25, -0.2) is 13.1 Å². The number of sulfonamides is 1. The Hall–Kier alpha value is 0.390. The number of hydrogen-bond donors (Lipinski definition) is 1. The number of nitrogens with one attached hydrogen (secondary N) is 1. The van der Waals surface area contributed by atoms with Crippen LogP contribution < -0.4 is 4.72 Å². The van der Waals surface area contributed by atoms with E-state index in [0.717, 1.165) is 25.7 Å². The summed E-state index contributed by atoms with van der Waals surface area (Å²) in [6, 6.07) is 0. The van der Waals surface area contributed by atoms with E-state index in [9.17, 15) is 8.42 Å². The molecule has 5 heteroatoms. The lowest BCUT2D eigenvalue weighted by Gasteiger charge is -2.07. The van der Waals surface area contributed by atoms with Crippen molar-refractivity contribution in [2.24, 2.45) is 0 Å². The third kappa shape index (κ3) is 3.95. The maximum absolute atomic E-state index is 11.3. The van der Waals surface area contributed by atoms with Crippen molar-refractivity contribution < 1.29 is 8.42 Å². The van der Waals surface area contributed by atoms with Gasteiger partial charge in [-0.1, -0.05) is 22.9 Å². The van der Waals surface area contributed by atoms with E-state index < -0.39 is 10.0 Å². The van der Waals surface area contributed by atoms with E-state index in [2.05, 4.69) is 27.6 Å². The molecule has 1 aliphatic rings. The number of alkyl halides is 1. The minimum atomic E-state index is -2.96. The van der Waals surface area contributed by atoms with Gasteiger partial charge in [-0.05, 0) is 25.7 Å². The second-order valence-corrected chi connectivity index (χ2v) is 6.77. The summed E-state index contributed by atoms with van der Waals surface area (Å²) in [5.74, 6) is 0. The van der Waals surface area contributed by atoms with Crippen LogP contribution in [0.1, 0.15) is 32.6 Å². The van der Waals surface area contributed by atoms with E-state index in [1.807, 2.05) is 0 Å². The van der Waals surface area contributed by atoms with Gasteiger partial charge in [0.1, 0.15) is 0 Å². The summed E-state index contributed by atoms with van der Waals surface area (Å²) in [5.41, 5.74) is 0. The van der Waals surface area contributed by atoms with Gasteiger partial charge in [0.25, 0.3) is 0 Å². The Morgan fingerprint density at radius 1 is 1.54 bits per heavy atom. The molecular weight excluding hydrogens is 254 g/mol. The Kier molecular flexibility index (Phi) is 4.19. The van der Waals surface area contributed by atoms with Gasteiger partial charge >= 0.3 is 0 Å². The van der Waals surface area contributed by atoms with Crippen LogP contribution in [0.25, 0.3) is 0 Å². The Morgan fingerprint density at radius 2 is 2.15 bits per heavy atom. The Morgan fingerprint density at radius 3 is 2.62 bits per heavy atom. The first-order valence-corrected chi connectivity index (χ1v) is 7.15. The second kappa shape index (κ2) is 4.75. The van der Waals surface area contributed by atoms with Crippen LogP contribution in [-0.4, -0.2) is 25.0 Å². The predicted molar refractivity (Wildman–Crippen MR) is 57.6 cm³/mol. The summed E-state index contributed by atoms with van der Waals surface area (Å²) in [4.78, 5) is 0.425. The highest BCUT2D eigenvalue weighted by molar-refractivity contribution is 9.09. The molecule has 13 heavy (non-hydrogen) atoms. The number of rotatable bonds is 6. The van der Waals surface area contributed by atoms with E-state index in [-0.39, 0.29) is 5.25 Å². The molecule has 1 unspecified atom stereocenters. The van der Waals surface area contributed by atoms with Gasteiger partial charge in [-0.3, -0.25) is 0 Å². The molecule has 0 heterocycles. The molecule has 0 spiro atoms. The van der Waals surface area contributed by atoms with Gasteiger partial charge in [-0.15, -0.1) is 0 Å². The largest absolute Gasteiger partial charge is 0.215 e. The zero-order chi connectivity index (χ0) is 9.90. The molecule has 0 aromatic heterocycles. The summed E-state index contributed by atoms with van der Waals surface area (Å²) >= 11 is 3.46. The Bertz CT molecular complexity index is 249. The van der Waals surface area contributed by atoms with Crippen LogP contribution >= 0.6 is 15.9 Å². The van der Waals surface area contributed by atoms with Gasteiger partial charge in [0.2, 0.25) is 10.0 Å². The van der Waals surface area contributed by atoms with Crippen molar-refractivity contribution in [2.45, 2.75) is 42.7 Å². The molecule has 1 N–H and O–H groups in total. The van der Waals surface area contributed by atoms with E-state index >= 15 is 0 Å². The fourth-order valence-corrected chi connectivity index (χ4v) is 2.68. The van der Waals surface area contributed by atoms with E-state index in [4.69, 9.17) is 0 Å². The molecule has 3 nitrogen and oxygen atoms in total. The first-order valence-electron chi connectivity index (χ1n) is 4.69. The Labute approximate surface area is 88.5 Å².